The molecule has 1 atom stereocenters. The Balaban J connectivity index is 1.67. The SMILES string of the molecule is C1CNC(NCC2CCOC2)=N1. The van der Waals surface area contributed by atoms with Gasteiger partial charge in [0.1, 0.15) is 0 Å². The van der Waals surface area contributed by atoms with E-state index in [0.29, 0.717) is 5.92 Å². The monoisotopic (exact) mass is 169 g/mol. The first-order valence-corrected chi connectivity index (χ1v) is 4.55. The van der Waals surface area contributed by atoms with Gasteiger partial charge in [-0.2, -0.15) is 0 Å². The molecule has 0 spiro atoms. The van der Waals surface area contributed by atoms with Gasteiger partial charge in [-0.15, -0.1) is 0 Å². The fourth-order valence-corrected chi connectivity index (χ4v) is 1.50. The average Bonchev–Trinajstić information content (AvgIpc) is 2.74. The second-order valence-electron chi connectivity index (χ2n) is 3.27. The second kappa shape index (κ2) is 3.76. The number of hydrogen-bond donors (Lipinski definition) is 2. The Labute approximate surface area is 72.4 Å². The molecule has 1 unspecified atom stereocenters. The summed E-state index contributed by atoms with van der Waals surface area (Å²) in [7, 11) is 0. The molecule has 1 fully saturated rings. The van der Waals surface area contributed by atoms with Crippen LogP contribution in [0.2, 0.25) is 0 Å². The van der Waals surface area contributed by atoms with E-state index in [-0.39, 0.29) is 0 Å². The van der Waals surface area contributed by atoms with Crippen LogP contribution in [0.3, 0.4) is 0 Å². The van der Waals surface area contributed by atoms with Crippen molar-refractivity contribution in [2.75, 3.05) is 32.8 Å². The highest BCUT2D eigenvalue weighted by atomic mass is 16.5. The van der Waals surface area contributed by atoms with Crippen molar-refractivity contribution in [2.24, 2.45) is 10.9 Å². The van der Waals surface area contributed by atoms with Crippen LogP contribution in [-0.2, 0) is 4.74 Å². The van der Waals surface area contributed by atoms with Gasteiger partial charge in [-0.05, 0) is 6.42 Å². The van der Waals surface area contributed by atoms with Gasteiger partial charge in [0.05, 0.1) is 13.2 Å². The van der Waals surface area contributed by atoms with Gasteiger partial charge in [0.15, 0.2) is 5.96 Å². The van der Waals surface area contributed by atoms with E-state index in [2.05, 4.69) is 15.6 Å². The Bertz CT molecular complexity index is 175. The maximum atomic E-state index is 5.27. The molecule has 0 radical (unpaired) electrons. The van der Waals surface area contributed by atoms with Gasteiger partial charge in [0.2, 0.25) is 0 Å². The fraction of sp³-hybridized carbons (Fsp3) is 0.875. The number of ether oxygens (including phenoxy) is 1. The van der Waals surface area contributed by atoms with Crippen molar-refractivity contribution in [1.82, 2.24) is 10.6 Å². The highest BCUT2D eigenvalue weighted by Crippen LogP contribution is 2.10. The summed E-state index contributed by atoms with van der Waals surface area (Å²) in [4.78, 5) is 4.25. The maximum Gasteiger partial charge on any atom is 0.191 e. The van der Waals surface area contributed by atoms with E-state index in [1.807, 2.05) is 0 Å². The largest absolute Gasteiger partial charge is 0.381 e. The summed E-state index contributed by atoms with van der Waals surface area (Å²) in [6.07, 6.45) is 1.18. The quantitative estimate of drug-likeness (QED) is 0.589. The first-order chi connectivity index (χ1) is 5.95. The molecule has 2 aliphatic rings. The topological polar surface area (TPSA) is 45.6 Å². The molecule has 4 heteroatoms. The lowest BCUT2D eigenvalue weighted by Gasteiger charge is -2.09. The van der Waals surface area contributed by atoms with Crippen molar-refractivity contribution in [3.05, 3.63) is 0 Å². The lowest BCUT2D eigenvalue weighted by molar-refractivity contribution is 0.186. The normalized spacial score (nSPS) is 28.3. The number of nitrogens with zero attached hydrogens (tertiary/aromatic N) is 1. The minimum Gasteiger partial charge on any atom is -0.381 e. The third kappa shape index (κ3) is 1.88. The van der Waals surface area contributed by atoms with Crippen LogP contribution in [0.25, 0.3) is 0 Å². The molecule has 2 heterocycles. The first kappa shape index (κ1) is 7.86. The van der Waals surface area contributed by atoms with Crippen LogP contribution >= 0.6 is 0 Å². The molecule has 1 saturated heterocycles. The van der Waals surface area contributed by atoms with Crippen molar-refractivity contribution in [3.63, 3.8) is 0 Å². The van der Waals surface area contributed by atoms with Crippen molar-refractivity contribution < 1.29 is 4.74 Å². The van der Waals surface area contributed by atoms with Crippen molar-refractivity contribution in [3.8, 4) is 0 Å². The Hall–Kier alpha value is -0.770. The fourth-order valence-electron chi connectivity index (χ4n) is 1.50. The predicted molar refractivity (Wildman–Crippen MR) is 47.2 cm³/mol. The summed E-state index contributed by atoms with van der Waals surface area (Å²) >= 11 is 0. The smallest absolute Gasteiger partial charge is 0.191 e. The maximum absolute atomic E-state index is 5.27. The van der Waals surface area contributed by atoms with Gasteiger partial charge in [0, 0.05) is 25.6 Å². The van der Waals surface area contributed by atoms with Crippen LogP contribution in [-0.4, -0.2) is 38.8 Å². The molecule has 2 aliphatic heterocycles. The summed E-state index contributed by atoms with van der Waals surface area (Å²) in [6, 6.07) is 0. The number of guanidine groups is 1. The minimum absolute atomic E-state index is 0.676. The van der Waals surface area contributed by atoms with Gasteiger partial charge in [0.25, 0.3) is 0 Å². The van der Waals surface area contributed by atoms with E-state index in [1.54, 1.807) is 0 Å². The van der Waals surface area contributed by atoms with Gasteiger partial charge >= 0.3 is 0 Å². The highest BCUT2D eigenvalue weighted by Gasteiger charge is 2.16. The number of aliphatic imine (C=N–C) groups is 1. The summed E-state index contributed by atoms with van der Waals surface area (Å²) < 4.78 is 5.27. The molecule has 0 aromatic rings. The summed E-state index contributed by atoms with van der Waals surface area (Å²) in [6.45, 7) is 4.70. The Morgan fingerprint density at radius 3 is 3.33 bits per heavy atom. The van der Waals surface area contributed by atoms with E-state index in [4.69, 9.17) is 4.74 Å². The Morgan fingerprint density at radius 2 is 2.67 bits per heavy atom. The van der Waals surface area contributed by atoms with Crippen molar-refractivity contribution >= 4 is 5.96 Å². The Morgan fingerprint density at radius 1 is 1.67 bits per heavy atom. The molecule has 2 rings (SSSR count). The minimum atomic E-state index is 0.676. The summed E-state index contributed by atoms with van der Waals surface area (Å²) in [5, 5.41) is 6.46. The lowest BCUT2D eigenvalue weighted by atomic mass is 10.1. The molecule has 4 nitrogen and oxygen atoms in total. The zero-order valence-electron chi connectivity index (χ0n) is 7.18. The summed E-state index contributed by atoms with van der Waals surface area (Å²) in [5.74, 6) is 1.64. The van der Waals surface area contributed by atoms with Gasteiger partial charge in [-0.25, -0.2) is 0 Å². The molecule has 0 aromatic heterocycles. The lowest BCUT2D eigenvalue weighted by Crippen LogP contribution is -2.36. The molecular weight excluding hydrogens is 154 g/mol. The molecule has 68 valence electrons. The molecule has 2 N–H and O–H groups in total. The van der Waals surface area contributed by atoms with Gasteiger partial charge in [-0.3, -0.25) is 4.99 Å². The third-order valence-corrected chi connectivity index (χ3v) is 2.26. The second-order valence-corrected chi connectivity index (χ2v) is 3.27. The summed E-state index contributed by atoms with van der Waals surface area (Å²) in [5.41, 5.74) is 0. The molecule has 0 aliphatic carbocycles. The Kier molecular flexibility index (Phi) is 2.46. The van der Waals surface area contributed by atoms with Crippen LogP contribution in [0.4, 0.5) is 0 Å². The third-order valence-electron chi connectivity index (χ3n) is 2.26. The zero-order valence-corrected chi connectivity index (χ0v) is 7.18. The van der Waals surface area contributed by atoms with Gasteiger partial charge < -0.3 is 15.4 Å². The standard InChI is InChI=1S/C8H15N3O/c1-4-12-6-7(1)5-11-8-9-2-3-10-8/h7H,1-6H2,(H2,9,10,11). The van der Waals surface area contributed by atoms with Crippen LogP contribution in [0.15, 0.2) is 4.99 Å². The van der Waals surface area contributed by atoms with Crippen molar-refractivity contribution in [1.29, 1.82) is 0 Å². The van der Waals surface area contributed by atoms with E-state index in [1.165, 1.54) is 6.42 Å². The average molecular weight is 169 g/mol. The molecule has 0 aromatic carbocycles. The molecular formula is C8H15N3O. The van der Waals surface area contributed by atoms with E-state index >= 15 is 0 Å². The number of hydrogen-bond acceptors (Lipinski definition) is 4. The van der Waals surface area contributed by atoms with Crippen LogP contribution in [0, 0.1) is 5.92 Å². The molecule has 0 bridgehead atoms. The zero-order chi connectivity index (χ0) is 8.23. The van der Waals surface area contributed by atoms with Gasteiger partial charge in [-0.1, -0.05) is 0 Å². The highest BCUT2D eigenvalue weighted by molar-refractivity contribution is 5.81. The molecule has 0 amide bonds. The van der Waals surface area contributed by atoms with E-state index < -0.39 is 0 Å². The van der Waals surface area contributed by atoms with E-state index in [9.17, 15) is 0 Å². The first-order valence-electron chi connectivity index (χ1n) is 4.55. The van der Waals surface area contributed by atoms with Crippen LogP contribution in [0.5, 0.6) is 0 Å². The van der Waals surface area contributed by atoms with Crippen LogP contribution < -0.4 is 10.6 Å². The van der Waals surface area contributed by atoms with Crippen molar-refractivity contribution in [2.45, 2.75) is 6.42 Å². The number of nitrogens with one attached hydrogen (secondary N) is 2. The number of rotatable bonds is 2. The molecule has 12 heavy (non-hydrogen) atoms. The molecule has 0 saturated carbocycles. The van der Waals surface area contributed by atoms with E-state index in [0.717, 1.165) is 38.8 Å². The predicted octanol–water partition coefficient (Wildman–Crippen LogP) is -0.428. The van der Waals surface area contributed by atoms with Crippen LogP contribution in [0.1, 0.15) is 6.42 Å².